The molecule has 0 bridgehead atoms. The van der Waals surface area contributed by atoms with Gasteiger partial charge >= 0.3 is 5.97 Å². The van der Waals surface area contributed by atoms with Gasteiger partial charge in [0.2, 0.25) is 5.03 Å². The molecule has 0 saturated heterocycles. The fourth-order valence-corrected chi connectivity index (χ4v) is 5.39. The summed E-state index contributed by atoms with van der Waals surface area (Å²) in [6.45, 7) is 4.63. The first-order valence-corrected chi connectivity index (χ1v) is 10.7. The van der Waals surface area contributed by atoms with Crippen LogP contribution in [-0.4, -0.2) is 48.0 Å². The van der Waals surface area contributed by atoms with E-state index in [1.807, 2.05) is 0 Å². The number of fused-ring (bicyclic) bond motifs is 1. The molecule has 10 heteroatoms. The van der Waals surface area contributed by atoms with Gasteiger partial charge in [0.15, 0.2) is 5.75 Å². The highest BCUT2D eigenvalue weighted by Crippen LogP contribution is 2.36. The summed E-state index contributed by atoms with van der Waals surface area (Å²) in [7, 11) is -4.33. The zero-order valence-corrected chi connectivity index (χ0v) is 17.6. The number of ether oxygens (including phenoxy) is 1. The van der Waals surface area contributed by atoms with Crippen LogP contribution in [0.2, 0.25) is 5.02 Å². The number of nitrogens with zero attached hydrogens (tertiary/aromatic N) is 2. The Morgan fingerprint density at radius 3 is 2.72 bits per heavy atom. The molecule has 1 aromatic heterocycles. The fourth-order valence-electron chi connectivity index (χ4n) is 3.58. The predicted octanol–water partition coefficient (Wildman–Crippen LogP) is 3.13. The van der Waals surface area contributed by atoms with Crippen LogP contribution in [0.3, 0.4) is 0 Å². The van der Waals surface area contributed by atoms with Gasteiger partial charge in [0.1, 0.15) is 18.5 Å². The number of carbonyl (C=O) groups is 1. The van der Waals surface area contributed by atoms with Crippen LogP contribution in [0.4, 0.5) is 4.39 Å². The Balaban J connectivity index is 2.14. The molecule has 1 aliphatic rings. The van der Waals surface area contributed by atoms with Crippen LogP contribution >= 0.6 is 11.6 Å². The fraction of sp³-hybridized carbons (Fsp3) is 0.368. The van der Waals surface area contributed by atoms with Crippen molar-refractivity contribution < 1.29 is 27.4 Å². The first-order chi connectivity index (χ1) is 13.6. The van der Waals surface area contributed by atoms with E-state index in [0.717, 1.165) is 16.1 Å². The molecule has 2 atom stereocenters. The van der Waals surface area contributed by atoms with Gasteiger partial charge in [0.05, 0.1) is 5.02 Å². The number of sulfonamides is 1. The Kier molecular flexibility index (Phi) is 5.84. The molecular weight excluding hydrogens is 423 g/mol. The van der Waals surface area contributed by atoms with Gasteiger partial charge in [-0.15, -0.1) is 0 Å². The van der Waals surface area contributed by atoms with E-state index >= 15 is 0 Å². The van der Waals surface area contributed by atoms with E-state index in [0.29, 0.717) is 5.56 Å². The molecule has 7 nitrogen and oxygen atoms in total. The van der Waals surface area contributed by atoms with Gasteiger partial charge in [0, 0.05) is 24.7 Å². The lowest BCUT2D eigenvalue weighted by Gasteiger charge is -2.31. The van der Waals surface area contributed by atoms with Gasteiger partial charge in [-0.3, -0.25) is 4.79 Å². The first-order valence-electron chi connectivity index (χ1n) is 8.84. The second kappa shape index (κ2) is 7.89. The first kappa shape index (κ1) is 21.5. The summed E-state index contributed by atoms with van der Waals surface area (Å²) in [5.41, 5.74) is 1.53. The predicted molar refractivity (Wildman–Crippen MR) is 104 cm³/mol. The molecule has 2 heterocycles. The Labute approximate surface area is 173 Å². The molecule has 1 aliphatic heterocycles. The molecule has 0 aliphatic carbocycles. The van der Waals surface area contributed by atoms with Crippen molar-refractivity contribution in [3.05, 3.63) is 51.9 Å². The summed E-state index contributed by atoms with van der Waals surface area (Å²) >= 11 is 5.87. The van der Waals surface area contributed by atoms with Gasteiger partial charge in [-0.2, -0.15) is 4.31 Å². The summed E-state index contributed by atoms with van der Waals surface area (Å²) in [6.07, 6.45) is 1.15. The highest BCUT2D eigenvalue weighted by molar-refractivity contribution is 7.89. The van der Waals surface area contributed by atoms with Crippen molar-refractivity contribution in [2.45, 2.75) is 37.8 Å². The topological polar surface area (TPSA) is 96.8 Å². The van der Waals surface area contributed by atoms with E-state index < -0.39 is 38.8 Å². The molecule has 1 aromatic carbocycles. The number of hydrogen-bond donors (Lipinski definition) is 1. The van der Waals surface area contributed by atoms with E-state index in [-0.39, 0.29) is 29.5 Å². The lowest BCUT2D eigenvalue weighted by molar-refractivity contribution is -0.142. The van der Waals surface area contributed by atoms with Crippen molar-refractivity contribution in [3.8, 4) is 5.75 Å². The molecule has 0 fully saturated rings. The van der Waals surface area contributed by atoms with Crippen molar-refractivity contribution in [2.24, 2.45) is 0 Å². The minimum Gasteiger partial charge on any atom is -0.489 e. The molecule has 0 radical (unpaired) electrons. The maximum absolute atomic E-state index is 14.6. The van der Waals surface area contributed by atoms with Crippen molar-refractivity contribution in [3.63, 3.8) is 0 Å². The number of aryl methyl sites for hydroxylation is 1. The van der Waals surface area contributed by atoms with Crippen LogP contribution in [0.1, 0.15) is 29.5 Å². The highest BCUT2D eigenvalue weighted by Gasteiger charge is 2.44. The standard InChI is InChI=1S/C19H20ClFN2O5S/c1-10-4-5-14(21)16(11(10)2)12(3)17(19(24)25)23-6-7-28-15-8-13(20)9-22-18(15)29(23,26)27/h4-5,8-9,12,17H,6-7H2,1-3H3,(H,24,25)/t12?,17-/m0/s1. The maximum Gasteiger partial charge on any atom is 0.322 e. The summed E-state index contributed by atoms with van der Waals surface area (Å²) < 4.78 is 47.3. The Hall–Kier alpha value is -2.23. The van der Waals surface area contributed by atoms with Crippen LogP contribution in [0.15, 0.2) is 29.4 Å². The van der Waals surface area contributed by atoms with Crippen molar-refractivity contribution in [1.29, 1.82) is 0 Å². The smallest absolute Gasteiger partial charge is 0.322 e. The minimum atomic E-state index is -4.33. The van der Waals surface area contributed by atoms with Gasteiger partial charge in [-0.05, 0) is 36.6 Å². The molecule has 3 rings (SSSR count). The van der Waals surface area contributed by atoms with Gasteiger partial charge in [-0.25, -0.2) is 17.8 Å². The van der Waals surface area contributed by atoms with Gasteiger partial charge < -0.3 is 9.84 Å². The van der Waals surface area contributed by atoms with Crippen LogP contribution in [0, 0.1) is 19.7 Å². The summed E-state index contributed by atoms with van der Waals surface area (Å²) in [4.78, 5) is 16.0. The normalized spacial score (nSPS) is 18.2. The minimum absolute atomic E-state index is 0.0466. The third-order valence-corrected chi connectivity index (χ3v) is 7.16. The third kappa shape index (κ3) is 3.82. The Morgan fingerprint density at radius 2 is 2.07 bits per heavy atom. The molecule has 156 valence electrons. The number of carboxylic acid groups (broad SMARTS) is 1. The number of aliphatic carboxylic acids is 1. The second-order valence-corrected chi connectivity index (χ2v) is 9.14. The molecule has 0 spiro atoms. The molecule has 29 heavy (non-hydrogen) atoms. The monoisotopic (exact) mass is 442 g/mol. The van der Waals surface area contributed by atoms with E-state index in [1.165, 1.54) is 19.1 Å². The average Bonchev–Trinajstić information content (AvgIpc) is 2.75. The SMILES string of the molecule is Cc1ccc(F)c(C(C)[C@@H](C(=O)O)N2CCOc3cc(Cl)cnc3S2(=O)=O)c1C. The maximum atomic E-state index is 14.6. The Morgan fingerprint density at radius 1 is 1.38 bits per heavy atom. The molecule has 0 saturated carbocycles. The van der Waals surface area contributed by atoms with E-state index in [4.69, 9.17) is 16.3 Å². The lowest BCUT2D eigenvalue weighted by Crippen LogP contribution is -2.49. The molecular formula is C19H20ClFN2O5S. The number of carboxylic acids is 1. The molecule has 0 amide bonds. The Bertz CT molecular complexity index is 1080. The number of aromatic nitrogens is 1. The van der Waals surface area contributed by atoms with E-state index in [1.54, 1.807) is 19.9 Å². The van der Waals surface area contributed by atoms with Gasteiger partial charge in [0.25, 0.3) is 10.0 Å². The van der Waals surface area contributed by atoms with Crippen LogP contribution in [-0.2, 0) is 14.8 Å². The summed E-state index contributed by atoms with van der Waals surface area (Å²) in [5.74, 6) is -2.98. The largest absolute Gasteiger partial charge is 0.489 e. The second-order valence-electron chi connectivity index (χ2n) is 6.90. The zero-order valence-electron chi connectivity index (χ0n) is 16.0. The van der Waals surface area contributed by atoms with E-state index in [2.05, 4.69) is 4.98 Å². The number of hydrogen-bond acceptors (Lipinski definition) is 5. The molecule has 1 N–H and O–H groups in total. The van der Waals surface area contributed by atoms with Crippen LogP contribution in [0.5, 0.6) is 5.75 Å². The van der Waals surface area contributed by atoms with Crippen LogP contribution < -0.4 is 4.74 Å². The van der Waals surface area contributed by atoms with Crippen molar-refractivity contribution >= 4 is 27.6 Å². The van der Waals surface area contributed by atoms with Crippen LogP contribution in [0.25, 0.3) is 0 Å². The third-order valence-electron chi connectivity index (χ3n) is 5.13. The number of benzene rings is 1. The number of halogens is 2. The number of rotatable bonds is 4. The highest BCUT2D eigenvalue weighted by atomic mass is 35.5. The lowest BCUT2D eigenvalue weighted by atomic mass is 9.87. The quantitative estimate of drug-likeness (QED) is 0.781. The average molecular weight is 443 g/mol. The van der Waals surface area contributed by atoms with Gasteiger partial charge in [-0.1, -0.05) is 24.6 Å². The summed E-state index contributed by atoms with van der Waals surface area (Å²) in [5, 5.41) is 9.68. The number of pyridine rings is 1. The van der Waals surface area contributed by atoms with Crippen molar-refractivity contribution in [2.75, 3.05) is 13.2 Å². The zero-order chi connectivity index (χ0) is 21.5. The van der Waals surface area contributed by atoms with Crippen molar-refractivity contribution in [1.82, 2.24) is 9.29 Å². The molecule has 1 unspecified atom stereocenters. The molecule has 2 aromatic rings. The summed E-state index contributed by atoms with van der Waals surface area (Å²) in [6, 6.07) is 2.61. The van der Waals surface area contributed by atoms with E-state index in [9.17, 15) is 22.7 Å².